The Labute approximate surface area is 199 Å². The summed E-state index contributed by atoms with van der Waals surface area (Å²) in [5.41, 5.74) is 4.68. The van der Waals surface area contributed by atoms with Crippen molar-refractivity contribution < 1.29 is 8.42 Å². The van der Waals surface area contributed by atoms with Crippen LogP contribution in [0.2, 0.25) is 0 Å². The molecule has 0 bridgehead atoms. The van der Waals surface area contributed by atoms with Gasteiger partial charge in [0.05, 0.1) is 9.79 Å². The number of rotatable bonds is 6. The smallest absolute Gasteiger partial charge is 0.206 e. The first-order valence-corrected chi connectivity index (χ1v) is 13.7. The third-order valence-electron chi connectivity index (χ3n) is 5.30. The van der Waals surface area contributed by atoms with Gasteiger partial charge in [-0.05, 0) is 97.5 Å². The summed E-state index contributed by atoms with van der Waals surface area (Å²) in [5, 5.41) is 0. The minimum Gasteiger partial charge on any atom is -0.219 e. The van der Waals surface area contributed by atoms with Gasteiger partial charge in [-0.15, -0.1) is 11.8 Å². The van der Waals surface area contributed by atoms with Crippen molar-refractivity contribution in [2.75, 3.05) is 6.26 Å². The van der Waals surface area contributed by atoms with E-state index >= 15 is 0 Å². The highest BCUT2D eigenvalue weighted by Gasteiger charge is 2.17. The van der Waals surface area contributed by atoms with E-state index in [0.29, 0.717) is 9.79 Å². The minimum atomic E-state index is -3.50. The lowest BCUT2D eigenvalue weighted by molar-refractivity contribution is 0.596. The Morgan fingerprint density at radius 3 is 1.72 bits per heavy atom. The van der Waals surface area contributed by atoms with E-state index in [1.807, 2.05) is 31.2 Å². The highest BCUT2D eigenvalue weighted by molar-refractivity contribution is 7.99. The van der Waals surface area contributed by atoms with Crippen molar-refractivity contribution in [3.05, 3.63) is 102 Å². The van der Waals surface area contributed by atoms with E-state index in [9.17, 15) is 8.42 Å². The van der Waals surface area contributed by atoms with Gasteiger partial charge in [-0.2, -0.15) is 0 Å². The summed E-state index contributed by atoms with van der Waals surface area (Å²) in [5.74, 6) is 0. The molecule has 0 aliphatic rings. The molecular weight excluding hydrogens is 452 g/mol. The lowest BCUT2D eigenvalue weighted by atomic mass is 10.0. The quantitative estimate of drug-likeness (QED) is 0.267. The fraction of sp³-hybridized carbons (Fsp3) is 0.111. The first-order chi connectivity index (χ1) is 15.4. The van der Waals surface area contributed by atoms with Crippen LogP contribution in [-0.4, -0.2) is 14.7 Å². The normalized spacial score (nSPS) is 11.5. The highest BCUT2D eigenvalue weighted by Crippen LogP contribution is 2.33. The molecule has 0 aromatic heterocycles. The molecule has 2 nitrogen and oxygen atoms in total. The molecule has 0 heterocycles. The second kappa shape index (κ2) is 9.57. The van der Waals surface area contributed by atoms with E-state index in [-0.39, 0.29) is 0 Å². The van der Waals surface area contributed by atoms with Gasteiger partial charge in [0.2, 0.25) is 9.84 Å². The van der Waals surface area contributed by atoms with Crippen LogP contribution < -0.4 is 0 Å². The maximum Gasteiger partial charge on any atom is 0.206 e. The molecular formula is C27H24O2S3. The van der Waals surface area contributed by atoms with Crippen molar-refractivity contribution in [3.8, 4) is 11.1 Å². The monoisotopic (exact) mass is 476 g/mol. The van der Waals surface area contributed by atoms with Gasteiger partial charge in [0.15, 0.2) is 0 Å². The second-order valence-corrected chi connectivity index (χ2v) is 11.6. The molecule has 0 amide bonds. The Kier molecular flexibility index (Phi) is 6.79. The zero-order valence-corrected chi connectivity index (χ0v) is 20.7. The summed E-state index contributed by atoms with van der Waals surface area (Å²) >= 11 is 3.37. The molecule has 0 N–H and O–H groups in total. The number of sulfone groups is 1. The summed E-state index contributed by atoms with van der Waals surface area (Å²) in [7, 11) is -3.50. The van der Waals surface area contributed by atoms with Gasteiger partial charge in [-0.3, -0.25) is 0 Å². The Morgan fingerprint density at radius 2 is 1.16 bits per heavy atom. The Balaban J connectivity index is 1.52. The Bertz CT molecular complexity index is 1320. The largest absolute Gasteiger partial charge is 0.219 e. The van der Waals surface area contributed by atoms with Crippen molar-refractivity contribution in [1.29, 1.82) is 0 Å². The molecule has 5 heteroatoms. The molecule has 4 aromatic rings. The van der Waals surface area contributed by atoms with E-state index < -0.39 is 9.84 Å². The summed E-state index contributed by atoms with van der Waals surface area (Å²) in [4.78, 5) is 4.02. The summed E-state index contributed by atoms with van der Waals surface area (Å²) in [6.07, 6.45) is 2.08. The predicted octanol–water partition coefficient (Wildman–Crippen LogP) is 7.68. The van der Waals surface area contributed by atoms with Crippen LogP contribution in [0.25, 0.3) is 11.1 Å². The van der Waals surface area contributed by atoms with Gasteiger partial charge in [-0.1, -0.05) is 47.7 Å². The maximum absolute atomic E-state index is 12.9. The second-order valence-electron chi connectivity index (χ2n) is 7.60. The lowest BCUT2D eigenvalue weighted by Gasteiger charge is -2.10. The van der Waals surface area contributed by atoms with E-state index in [2.05, 4.69) is 55.6 Å². The van der Waals surface area contributed by atoms with E-state index in [1.165, 1.54) is 21.6 Å². The van der Waals surface area contributed by atoms with Crippen molar-refractivity contribution in [1.82, 2.24) is 0 Å². The predicted molar refractivity (Wildman–Crippen MR) is 136 cm³/mol. The average molecular weight is 477 g/mol. The zero-order chi connectivity index (χ0) is 22.7. The standard InChI is InChI=1S/C27H24O2S3/c1-19-4-13-25(14-5-19)32(28,29)26-15-10-23(11-16-26)31-24-12-17-27(20(2)18-24)21-6-8-22(30-3)9-7-21/h4-18H,1-3H3. The van der Waals surface area contributed by atoms with Crippen LogP contribution in [0, 0.1) is 13.8 Å². The molecule has 0 atom stereocenters. The van der Waals surface area contributed by atoms with E-state index in [0.717, 1.165) is 15.4 Å². The zero-order valence-electron chi connectivity index (χ0n) is 18.2. The van der Waals surface area contributed by atoms with E-state index in [4.69, 9.17) is 0 Å². The van der Waals surface area contributed by atoms with E-state index in [1.54, 1.807) is 47.8 Å². The number of aryl methyl sites for hydroxylation is 2. The molecule has 0 unspecified atom stereocenters. The molecule has 0 aliphatic carbocycles. The van der Waals surface area contributed by atoms with Gasteiger partial charge in [0.25, 0.3) is 0 Å². The first-order valence-electron chi connectivity index (χ1n) is 10.2. The molecule has 0 fully saturated rings. The van der Waals surface area contributed by atoms with Gasteiger partial charge in [-0.25, -0.2) is 8.42 Å². The molecule has 0 saturated heterocycles. The molecule has 162 valence electrons. The van der Waals surface area contributed by atoms with Crippen molar-refractivity contribution in [2.24, 2.45) is 0 Å². The average Bonchev–Trinajstić information content (AvgIpc) is 2.80. The summed E-state index contributed by atoms with van der Waals surface area (Å²) in [6, 6.07) is 29.1. The fourth-order valence-electron chi connectivity index (χ4n) is 3.47. The molecule has 0 radical (unpaired) electrons. The molecule has 0 spiro atoms. The van der Waals surface area contributed by atoms with Crippen LogP contribution in [0.5, 0.6) is 0 Å². The van der Waals surface area contributed by atoms with Crippen LogP contribution in [0.3, 0.4) is 0 Å². The Hall–Kier alpha value is -2.47. The van der Waals surface area contributed by atoms with Crippen molar-refractivity contribution >= 4 is 33.4 Å². The fourth-order valence-corrected chi connectivity index (χ4v) is 6.06. The SMILES string of the molecule is CSc1ccc(-c2ccc(Sc3ccc(S(=O)(=O)c4ccc(C)cc4)cc3)cc2C)cc1. The van der Waals surface area contributed by atoms with Crippen LogP contribution in [0.1, 0.15) is 11.1 Å². The Morgan fingerprint density at radius 1 is 0.625 bits per heavy atom. The number of hydrogen-bond donors (Lipinski definition) is 0. The van der Waals surface area contributed by atoms with Crippen LogP contribution in [0.15, 0.2) is 115 Å². The van der Waals surface area contributed by atoms with Crippen LogP contribution >= 0.6 is 23.5 Å². The van der Waals surface area contributed by atoms with Crippen LogP contribution in [-0.2, 0) is 9.84 Å². The third-order valence-corrected chi connectivity index (χ3v) is 8.83. The number of benzene rings is 4. The minimum absolute atomic E-state index is 0.311. The highest BCUT2D eigenvalue weighted by atomic mass is 32.2. The third kappa shape index (κ3) is 4.96. The number of hydrogen-bond acceptors (Lipinski definition) is 4. The summed E-state index contributed by atoms with van der Waals surface area (Å²) in [6.45, 7) is 4.07. The molecule has 4 aromatic carbocycles. The molecule has 4 rings (SSSR count). The van der Waals surface area contributed by atoms with Gasteiger partial charge < -0.3 is 0 Å². The molecule has 0 saturated carbocycles. The molecule has 32 heavy (non-hydrogen) atoms. The van der Waals surface area contributed by atoms with Gasteiger partial charge in [0, 0.05) is 14.7 Å². The first kappa shape index (κ1) is 22.7. The summed E-state index contributed by atoms with van der Waals surface area (Å²) < 4.78 is 25.7. The maximum atomic E-state index is 12.9. The van der Waals surface area contributed by atoms with Crippen molar-refractivity contribution in [3.63, 3.8) is 0 Å². The van der Waals surface area contributed by atoms with Crippen molar-refractivity contribution in [2.45, 2.75) is 38.3 Å². The molecule has 0 aliphatic heterocycles. The topological polar surface area (TPSA) is 34.1 Å². The lowest BCUT2D eigenvalue weighted by Crippen LogP contribution is -2.01. The van der Waals surface area contributed by atoms with Crippen LogP contribution in [0.4, 0.5) is 0 Å². The van der Waals surface area contributed by atoms with Gasteiger partial charge in [0.1, 0.15) is 0 Å². The number of thioether (sulfide) groups is 1. The van der Waals surface area contributed by atoms with Gasteiger partial charge >= 0.3 is 0 Å².